The van der Waals surface area contributed by atoms with E-state index in [1.807, 2.05) is 0 Å². The van der Waals surface area contributed by atoms with Crippen LogP contribution in [0.15, 0.2) is 30.5 Å². The Kier molecular flexibility index (Phi) is 6.55. The number of halogens is 1. The van der Waals surface area contributed by atoms with E-state index in [-0.39, 0.29) is 29.0 Å². The van der Waals surface area contributed by atoms with Gasteiger partial charge in [0, 0.05) is 32.0 Å². The molecule has 0 radical (unpaired) electrons. The van der Waals surface area contributed by atoms with Gasteiger partial charge in [-0.25, -0.2) is 4.39 Å². The van der Waals surface area contributed by atoms with Gasteiger partial charge in [0.1, 0.15) is 17.6 Å². The maximum absolute atomic E-state index is 15.0. The first-order valence-corrected chi connectivity index (χ1v) is 13.0. The van der Waals surface area contributed by atoms with Gasteiger partial charge in [-0.05, 0) is 73.6 Å². The molecular formula is C27H36FN5O2. The molecular weight excluding hydrogens is 445 g/mol. The fourth-order valence-corrected chi connectivity index (χ4v) is 5.90. The molecule has 35 heavy (non-hydrogen) atoms. The summed E-state index contributed by atoms with van der Waals surface area (Å²) in [4.78, 5) is 28.9. The Hall–Kier alpha value is -2.90. The zero-order chi connectivity index (χ0) is 24.6. The summed E-state index contributed by atoms with van der Waals surface area (Å²) >= 11 is 0. The van der Waals surface area contributed by atoms with Gasteiger partial charge < -0.3 is 15.5 Å². The van der Waals surface area contributed by atoms with E-state index in [4.69, 9.17) is 0 Å². The van der Waals surface area contributed by atoms with Gasteiger partial charge in [-0.1, -0.05) is 26.2 Å². The van der Waals surface area contributed by atoms with Crippen LogP contribution in [0.1, 0.15) is 68.8 Å². The standard InChI is InChI=1S/C27H36FN5O2/c1-27(12-13-27)23(18-7-6-8-18)24(31-25(34)22-11-14-29-32(22)2)26(35)30-19-9-10-21(20(28)17-19)33-15-4-3-5-16-33/h9-11,14,17-18,23-24H,3-8,12-13,15-16H2,1-2H3,(H,30,35)(H,31,34)/t23?,24-/m0/s1. The summed E-state index contributed by atoms with van der Waals surface area (Å²) in [5.41, 5.74) is 1.45. The Labute approximate surface area is 206 Å². The first kappa shape index (κ1) is 23.8. The smallest absolute Gasteiger partial charge is 0.270 e. The van der Waals surface area contributed by atoms with Crippen molar-refractivity contribution in [2.45, 2.75) is 64.3 Å². The summed E-state index contributed by atoms with van der Waals surface area (Å²) in [6.45, 7) is 3.93. The van der Waals surface area contributed by atoms with Gasteiger partial charge in [0.05, 0.1) is 5.69 Å². The predicted molar refractivity (Wildman–Crippen MR) is 134 cm³/mol. The van der Waals surface area contributed by atoms with Gasteiger partial charge in [0.15, 0.2) is 0 Å². The summed E-state index contributed by atoms with van der Waals surface area (Å²) in [5, 5.41) is 10.1. The fourth-order valence-electron chi connectivity index (χ4n) is 5.90. The van der Waals surface area contributed by atoms with E-state index in [9.17, 15) is 9.59 Å². The number of aromatic nitrogens is 2. The number of nitrogens with one attached hydrogen (secondary N) is 2. The number of hydrogen-bond donors (Lipinski definition) is 2. The maximum Gasteiger partial charge on any atom is 0.270 e. The quantitative estimate of drug-likeness (QED) is 0.582. The summed E-state index contributed by atoms with van der Waals surface area (Å²) in [7, 11) is 1.71. The summed E-state index contributed by atoms with van der Waals surface area (Å²) in [6, 6.07) is 5.88. The maximum atomic E-state index is 15.0. The van der Waals surface area contributed by atoms with E-state index in [1.54, 1.807) is 31.4 Å². The van der Waals surface area contributed by atoms with E-state index in [2.05, 4.69) is 27.6 Å². The zero-order valence-electron chi connectivity index (χ0n) is 20.7. The number of anilines is 2. The molecule has 2 aromatic rings. The molecule has 2 heterocycles. The lowest BCUT2D eigenvalue weighted by Crippen LogP contribution is -2.54. The molecule has 1 unspecified atom stereocenters. The van der Waals surface area contributed by atoms with Crippen LogP contribution in [0.5, 0.6) is 0 Å². The third kappa shape index (κ3) is 4.93. The van der Waals surface area contributed by atoms with Crippen molar-refractivity contribution < 1.29 is 14.0 Å². The van der Waals surface area contributed by atoms with Crippen LogP contribution in [0, 0.1) is 23.1 Å². The van der Waals surface area contributed by atoms with Crippen molar-refractivity contribution in [3.63, 3.8) is 0 Å². The average Bonchev–Trinajstić information content (AvgIpc) is 3.40. The molecule has 8 heteroatoms. The van der Waals surface area contributed by atoms with Crippen LogP contribution >= 0.6 is 0 Å². The number of amides is 2. The molecule has 2 aliphatic carbocycles. The molecule has 1 aromatic carbocycles. The number of carbonyl (C=O) groups is 2. The molecule has 2 N–H and O–H groups in total. The van der Waals surface area contributed by atoms with Crippen LogP contribution in [0.2, 0.25) is 0 Å². The Balaban J connectivity index is 1.38. The van der Waals surface area contributed by atoms with Crippen LogP contribution in [0.4, 0.5) is 15.8 Å². The van der Waals surface area contributed by atoms with Crippen LogP contribution in [-0.2, 0) is 11.8 Å². The Morgan fingerprint density at radius 2 is 1.86 bits per heavy atom. The van der Waals surface area contributed by atoms with Gasteiger partial charge in [-0.15, -0.1) is 0 Å². The number of aryl methyl sites for hydroxylation is 1. The minimum absolute atomic E-state index is 0.0379. The number of benzene rings is 1. The van der Waals surface area contributed by atoms with Crippen molar-refractivity contribution in [2.75, 3.05) is 23.3 Å². The van der Waals surface area contributed by atoms with Crippen LogP contribution in [0.25, 0.3) is 0 Å². The summed E-state index contributed by atoms with van der Waals surface area (Å²) < 4.78 is 16.5. The SMILES string of the molecule is Cn1nccc1C(=O)N[C@H](C(=O)Nc1ccc(N2CCCCC2)c(F)c1)C(C1CCC1)C1(C)CC1. The highest BCUT2D eigenvalue weighted by Gasteiger charge is 2.54. The highest BCUT2D eigenvalue weighted by atomic mass is 19.1. The third-order valence-corrected chi connectivity index (χ3v) is 8.39. The fraction of sp³-hybridized carbons (Fsp3) is 0.593. The topological polar surface area (TPSA) is 79.3 Å². The second-order valence-corrected chi connectivity index (χ2v) is 10.9. The average molecular weight is 482 g/mol. The third-order valence-electron chi connectivity index (χ3n) is 8.39. The van der Waals surface area contributed by atoms with Crippen LogP contribution < -0.4 is 15.5 Å². The largest absolute Gasteiger partial charge is 0.369 e. The molecule has 0 bridgehead atoms. The monoisotopic (exact) mass is 481 g/mol. The Morgan fingerprint density at radius 3 is 2.43 bits per heavy atom. The molecule has 3 fully saturated rings. The molecule has 1 aromatic heterocycles. The van der Waals surface area contributed by atoms with Gasteiger partial charge in [0.25, 0.3) is 5.91 Å². The summed E-state index contributed by atoms with van der Waals surface area (Å²) in [5.74, 6) is -0.472. The molecule has 1 aliphatic heterocycles. The molecule has 5 rings (SSSR count). The van der Waals surface area contributed by atoms with Crippen molar-refractivity contribution in [3.05, 3.63) is 42.0 Å². The lowest BCUT2D eigenvalue weighted by Gasteiger charge is -2.42. The zero-order valence-corrected chi connectivity index (χ0v) is 20.7. The second kappa shape index (κ2) is 9.63. The van der Waals surface area contributed by atoms with E-state index >= 15 is 4.39 Å². The Morgan fingerprint density at radius 1 is 1.11 bits per heavy atom. The minimum atomic E-state index is -0.694. The molecule has 7 nitrogen and oxygen atoms in total. The summed E-state index contributed by atoms with van der Waals surface area (Å²) in [6.07, 6.45) is 10.3. The van der Waals surface area contributed by atoms with Crippen molar-refractivity contribution in [1.82, 2.24) is 15.1 Å². The minimum Gasteiger partial charge on any atom is -0.369 e. The number of hydrogen-bond acceptors (Lipinski definition) is 4. The number of carbonyl (C=O) groups excluding carboxylic acids is 2. The second-order valence-electron chi connectivity index (χ2n) is 10.9. The predicted octanol–water partition coefficient (Wildman–Crippen LogP) is 4.50. The lowest BCUT2D eigenvalue weighted by molar-refractivity contribution is -0.121. The number of nitrogens with zero attached hydrogens (tertiary/aromatic N) is 3. The van der Waals surface area contributed by atoms with E-state index in [1.165, 1.54) is 17.2 Å². The molecule has 2 amide bonds. The molecule has 2 atom stereocenters. The van der Waals surface area contributed by atoms with Gasteiger partial charge in [-0.2, -0.15) is 5.10 Å². The highest BCUT2D eigenvalue weighted by Crippen LogP contribution is 2.58. The van der Waals surface area contributed by atoms with Crippen molar-refractivity contribution >= 4 is 23.2 Å². The first-order valence-electron chi connectivity index (χ1n) is 13.0. The molecule has 188 valence electrons. The van der Waals surface area contributed by atoms with Crippen molar-refractivity contribution in [1.29, 1.82) is 0 Å². The number of piperidine rings is 1. The van der Waals surface area contributed by atoms with Crippen LogP contribution in [0.3, 0.4) is 0 Å². The van der Waals surface area contributed by atoms with Crippen LogP contribution in [-0.4, -0.2) is 40.7 Å². The molecule has 3 aliphatic rings. The van der Waals surface area contributed by atoms with Gasteiger partial charge >= 0.3 is 0 Å². The van der Waals surface area contributed by atoms with E-state index in [0.717, 1.165) is 58.0 Å². The molecule has 1 saturated heterocycles. The van der Waals surface area contributed by atoms with Crippen molar-refractivity contribution in [3.8, 4) is 0 Å². The Bertz CT molecular complexity index is 1080. The molecule has 0 spiro atoms. The van der Waals surface area contributed by atoms with Gasteiger partial charge in [0.2, 0.25) is 5.91 Å². The lowest BCUT2D eigenvalue weighted by atomic mass is 9.66. The highest BCUT2D eigenvalue weighted by molar-refractivity contribution is 6.00. The van der Waals surface area contributed by atoms with E-state index < -0.39 is 6.04 Å². The van der Waals surface area contributed by atoms with Crippen molar-refractivity contribution in [2.24, 2.45) is 24.3 Å². The van der Waals surface area contributed by atoms with E-state index in [0.29, 0.717) is 23.0 Å². The van der Waals surface area contributed by atoms with Gasteiger partial charge in [-0.3, -0.25) is 14.3 Å². The molecule has 2 saturated carbocycles. The number of rotatable bonds is 8. The normalized spacial score (nSPS) is 21.1. The first-order chi connectivity index (χ1) is 16.9.